The van der Waals surface area contributed by atoms with Crippen LogP contribution < -0.4 is 0 Å². The van der Waals surface area contributed by atoms with Gasteiger partial charge in [0, 0.05) is 12.4 Å². The highest BCUT2D eigenvalue weighted by molar-refractivity contribution is 6.42. The van der Waals surface area contributed by atoms with Crippen molar-refractivity contribution in [3.8, 4) is 0 Å². The molecule has 0 aliphatic rings. The molecule has 0 radical (unpaired) electrons. The molecule has 5 heteroatoms. The Labute approximate surface area is 159 Å². The van der Waals surface area contributed by atoms with Crippen LogP contribution >= 0.6 is 23.2 Å². The Morgan fingerprint density at radius 2 is 2.00 bits per heavy atom. The summed E-state index contributed by atoms with van der Waals surface area (Å²) < 4.78 is 5.56. The summed E-state index contributed by atoms with van der Waals surface area (Å²) in [5, 5.41) is 0.948. The van der Waals surface area contributed by atoms with Crippen molar-refractivity contribution >= 4 is 29.2 Å². The molecule has 1 aromatic carbocycles. The van der Waals surface area contributed by atoms with E-state index in [0.717, 1.165) is 30.4 Å². The van der Waals surface area contributed by atoms with Gasteiger partial charge in [-0.05, 0) is 48.1 Å². The first-order valence-corrected chi connectivity index (χ1v) is 9.32. The van der Waals surface area contributed by atoms with Crippen molar-refractivity contribution in [1.82, 2.24) is 4.98 Å². The van der Waals surface area contributed by atoms with Crippen LogP contribution in [0.2, 0.25) is 10.0 Å². The topological polar surface area (TPSA) is 39.2 Å². The Morgan fingerprint density at radius 3 is 2.60 bits per heavy atom. The van der Waals surface area contributed by atoms with Crippen molar-refractivity contribution in [2.24, 2.45) is 5.92 Å². The average molecular weight is 380 g/mol. The van der Waals surface area contributed by atoms with Crippen LogP contribution in [0.15, 0.2) is 42.7 Å². The van der Waals surface area contributed by atoms with Crippen molar-refractivity contribution in [2.45, 2.75) is 45.6 Å². The van der Waals surface area contributed by atoms with E-state index in [0.29, 0.717) is 10.0 Å². The van der Waals surface area contributed by atoms with Crippen LogP contribution in [0.3, 0.4) is 0 Å². The van der Waals surface area contributed by atoms with E-state index in [1.807, 2.05) is 31.3 Å². The van der Waals surface area contributed by atoms with E-state index in [1.165, 1.54) is 0 Å². The Kier molecular flexibility index (Phi) is 7.73. The number of benzene rings is 1. The van der Waals surface area contributed by atoms with Crippen molar-refractivity contribution in [1.29, 1.82) is 0 Å². The molecule has 2 aromatic rings. The first-order valence-electron chi connectivity index (χ1n) is 8.57. The first kappa shape index (κ1) is 19.7. The van der Waals surface area contributed by atoms with Crippen molar-refractivity contribution in [3.63, 3.8) is 0 Å². The van der Waals surface area contributed by atoms with Crippen LogP contribution in [0.4, 0.5) is 0 Å². The summed E-state index contributed by atoms with van der Waals surface area (Å²) in [4.78, 5) is 16.9. The van der Waals surface area contributed by atoms with E-state index < -0.39 is 0 Å². The monoisotopic (exact) mass is 379 g/mol. The maximum absolute atomic E-state index is 12.7. The molecular formula is C20H23Cl2NO2. The number of hydrogen-bond acceptors (Lipinski definition) is 3. The predicted molar refractivity (Wildman–Crippen MR) is 102 cm³/mol. The van der Waals surface area contributed by atoms with Gasteiger partial charge in [-0.1, -0.05) is 55.6 Å². The molecule has 0 bridgehead atoms. The molecule has 3 nitrogen and oxygen atoms in total. The SMILES string of the molecule is CCCC(c1cccnc1)C(CC)C(=O)OCc1ccc(Cl)c(Cl)c1. The fraction of sp³-hybridized carbons (Fsp3) is 0.400. The fourth-order valence-corrected chi connectivity index (χ4v) is 3.33. The highest BCUT2D eigenvalue weighted by Gasteiger charge is 2.29. The van der Waals surface area contributed by atoms with Crippen LogP contribution in [0, 0.1) is 5.92 Å². The van der Waals surface area contributed by atoms with E-state index in [2.05, 4.69) is 11.9 Å². The summed E-state index contributed by atoms with van der Waals surface area (Å²) in [5.41, 5.74) is 1.91. The van der Waals surface area contributed by atoms with Gasteiger partial charge in [-0.3, -0.25) is 9.78 Å². The number of esters is 1. The second-order valence-corrected chi connectivity index (χ2v) is 6.87. The Balaban J connectivity index is 2.08. The van der Waals surface area contributed by atoms with Crippen molar-refractivity contribution in [2.75, 3.05) is 0 Å². The summed E-state index contributed by atoms with van der Waals surface area (Å²) in [7, 11) is 0. The number of halogens is 2. The number of nitrogens with zero attached hydrogens (tertiary/aromatic N) is 1. The molecule has 0 saturated heterocycles. The predicted octanol–water partition coefficient (Wildman–Crippen LogP) is 6.04. The molecule has 2 unspecified atom stereocenters. The lowest BCUT2D eigenvalue weighted by Crippen LogP contribution is -2.24. The van der Waals surface area contributed by atoms with Gasteiger partial charge in [-0.15, -0.1) is 0 Å². The van der Waals surface area contributed by atoms with E-state index in [4.69, 9.17) is 27.9 Å². The maximum atomic E-state index is 12.7. The third-order valence-corrected chi connectivity index (χ3v) is 5.04. The first-order chi connectivity index (χ1) is 12.1. The molecule has 0 amide bonds. The van der Waals surface area contributed by atoms with Gasteiger partial charge in [0.15, 0.2) is 0 Å². The zero-order valence-electron chi connectivity index (χ0n) is 14.5. The van der Waals surface area contributed by atoms with Gasteiger partial charge in [0.1, 0.15) is 6.61 Å². The van der Waals surface area contributed by atoms with Gasteiger partial charge in [-0.2, -0.15) is 0 Å². The van der Waals surface area contributed by atoms with E-state index in [-0.39, 0.29) is 24.4 Å². The number of carbonyl (C=O) groups excluding carboxylic acids is 1. The summed E-state index contributed by atoms with van der Waals surface area (Å²) >= 11 is 11.9. The summed E-state index contributed by atoms with van der Waals surface area (Å²) in [6, 6.07) is 9.18. The van der Waals surface area contributed by atoms with E-state index in [1.54, 1.807) is 18.3 Å². The molecule has 0 aliphatic heterocycles. The third-order valence-electron chi connectivity index (χ3n) is 4.31. The van der Waals surface area contributed by atoms with E-state index >= 15 is 0 Å². The highest BCUT2D eigenvalue weighted by atomic mass is 35.5. The Bertz CT molecular complexity index is 691. The maximum Gasteiger partial charge on any atom is 0.309 e. The molecular weight excluding hydrogens is 357 g/mol. The molecule has 0 fully saturated rings. The van der Waals surface area contributed by atoms with Crippen molar-refractivity contribution in [3.05, 3.63) is 63.9 Å². The molecule has 0 spiro atoms. The quantitative estimate of drug-likeness (QED) is 0.524. The van der Waals surface area contributed by atoms with Crippen LogP contribution in [-0.4, -0.2) is 11.0 Å². The number of pyridine rings is 1. The molecule has 2 rings (SSSR count). The van der Waals surface area contributed by atoms with Gasteiger partial charge < -0.3 is 4.74 Å². The van der Waals surface area contributed by atoms with Gasteiger partial charge in [0.2, 0.25) is 0 Å². The number of rotatable bonds is 8. The number of carbonyl (C=O) groups is 1. The lowest BCUT2D eigenvalue weighted by Gasteiger charge is -2.24. The lowest BCUT2D eigenvalue weighted by molar-refractivity contribution is -0.151. The Morgan fingerprint density at radius 1 is 1.20 bits per heavy atom. The largest absolute Gasteiger partial charge is 0.461 e. The summed E-state index contributed by atoms with van der Waals surface area (Å²) in [6.07, 6.45) is 6.23. The summed E-state index contributed by atoms with van der Waals surface area (Å²) in [5.74, 6) is -0.257. The van der Waals surface area contributed by atoms with Gasteiger partial charge >= 0.3 is 5.97 Å². The zero-order valence-corrected chi connectivity index (χ0v) is 16.1. The standard InChI is InChI=1S/C20H23Cl2NO2/c1-3-6-17(15-7-5-10-23-12-15)16(4-2)20(24)25-13-14-8-9-18(21)19(22)11-14/h5,7-12,16-17H,3-4,6,13H2,1-2H3. The van der Waals surface area contributed by atoms with Gasteiger partial charge in [0.05, 0.1) is 16.0 Å². The molecule has 0 N–H and O–H groups in total. The fourth-order valence-electron chi connectivity index (χ4n) is 3.01. The van der Waals surface area contributed by atoms with Crippen LogP contribution in [0.1, 0.15) is 50.2 Å². The molecule has 1 heterocycles. The minimum atomic E-state index is -0.188. The van der Waals surface area contributed by atoms with Crippen LogP contribution in [0.5, 0.6) is 0 Å². The highest BCUT2D eigenvalue weighted by Crippen LogP contribution is 2.32. The number of hydrogen-bond donors (Lipinski definition) is 0. The molecule has 25 heavy (non-hydrogen) atoms. The molecule has 0 saturated carbocycles. The van der Waals surface area contributed by atoms with Crippen LogP contribution in [-0.2, 0) is 16.1 Å². The third kappa shape index (κ3) is 5.45. The molecule has 0 aliphatic carbocycles. The minimum absolute atomic E-state index is 0.116. The number of aromatic nitrogens is 1. The van der Waals surface area contributed by atoms with Gasteiger partial charge in [-0.25, -0.2) is 0 Å². The number of ether oxygens (including phenoxy) is 1. The Hall–Kier alpha value is -1.58. The molecule has 134 valence electrons. The zero-order chi connectivity index (χ0) is 18.2. The smallest absolute Gasteiger partial charge is 0.309 e. The normalized spacial score (nSPS) is 13.3. The van der Waals surface area contributed by atoms with E-state index in [9.17, 15) is 4.79 Å². The summed E-state index contributed by atoms with van der Waals surface area (Å²) in [6.45, 7) is 4.33. The van der Waals surface area contributed by atoms with Crippen LogP contribution in [0.25, 0.3) is 0 Å². The average Bonchev–Trinajstić information content (AvgIpc) is 2.63. The second kappa shape index (κ2) is 9.79. The second-order valence-electron chi connectivity index (χ2n) is 6.05. The van der Waals surface area contributed by atoms with Gasteiger partial charge in [0.25, 0.3) is 0 Å². The lowest BCUT2D eigenvalue weighted by atomic mass is 9.82. The molecule has 1 aromatic heterocycles. The van der Waals surface area contributed by atoms with Crippen molar-refractivity contribution < 1.29 is 9.53 Å². The minimum Gasteiger partial charge on any atom is -0.461 e. The molecule has 2 atom stereocenters.